The number of halogens is 1. The summed E-state index contributed by atoms with van der Waals surface area (Å²) in [6.45, 7) is 7.21. The van der Waals surface area contributed by atoms with Crippen LogP contribution in [0.3, 0.4) is 0 Å². The predicted molar refractivity (Wildman–Crippen MR) is 115 cm³/mol. The van der Waals surface area contributed by atoms with Crippen LogP contribution in [0.25, 0.3) is 0 Å². The highest BCUT2D eigenvalue weighted by Gasteiger charge is 2.38. The van der Waals surface area contributed by atoms with E-state index in [0.29, 0.717) is 40.9 Å². The van der Waals surface area contributed by atoms with Crippen molar-refractivity contribution >= 4 is 29.4 Å². The van der Waals surface area contributed by atoms with Crippen molar-refractivity contribution in [3.63, 3.8) is 0 Å². The van der Waals surface area contributed by atoms with Crippen LogP contribution >= 0.6 is 11.6 Å². The number of amides is 2. The molecule has 0 spiro atoms. The van der Waals surface area contributed by atoms with Gasteiger partial charge < -0.3 is 14.5 Å². The fourth-order valence-corrected chi connectivity index (χ4v) is 4.46. The summed E-state index contributed by atoms with van der Waals surface area (Å²) in [7, 11) is 0. The zero-order chi connectivity index (χ0) is 21.8. The fraction of sp³-hybridized carbons (Fsp3) is 0.522. The van der Waals surface area contributed by atoms with Crippen molar-refractivity contribution in [3.05, 3.63) is 46.1 Å². The van der Waals surface area contributed by atoms with Gasteiger partial charge in [-0.25, -0.2) is 4.79 Å². The molecule has 2 heterocycles. The monoisotopic (exact) mass is 432 g/mol. The molecule has 1 saturated heterocycles. The zero-order valence-electron chi connectivity index (χ0n) is 17.8. The number of carbonyl (C=O) groups excluding carboxylic acids is 3. The Labute approximate surface area is 182 Å². The van der Waals surface area contributed by atoms with Crippen LogP contribution in [0, 0.1) is 5.92 Å². The summed E-state index contributed by atoms with van der Waals surface area (Å²) in [5.74, 6) is -0.638. The average molecular weight is 433 g/mol. The Morgan fingerprint density at radius 3 is 2.50 bits per heavy atom. The van der Waals surface area contributed by atoms with Crippen molar-refractivity contribution < 1.29 is 19.1 Å². The number of esters is 1. The molecule has 0 saturated carbocycles. The van der Waals surface area contributed by atoms with Gasteiger partial charge in [0.05, 0.1) is 12.2 Å². The molecule has 1 aromatic rings. The number of nitrogens with zero attached hydrogens (tertiary/aromatic N) is 2. The van der Waals surface area contributed by atoms with E-state index in [2.05, 4.69) is 6.92 Å². The summed E-state index contributed by atoms with van der Waals surface area (Å²) in [6, 6.07) is 7.20. The summed E-state index contributed by atoms with van der Waals surface area (Å²) >= 11 is 6.37. The van der Waals surface area contributed by atoms with Gasteiger partial charge in [0.25, 0.3) is 0 Å². The van der Waals surface area contributed by atoms with Gasteiger partial charge in [0.15, 0.2) is 0 Å². The van der Waals surface area contributed by atoms with Crippen LogP contribution in [-0.4, -0.2) is 53.8 Å². The fourth-order valence-electron chi connectivity index (χ4n) is 4.19. The first-order valence-corrected chi connectivity index (χ1v) is 10.9. The minimum Gasteiger partial charge on any atom is -0.463 e. The molecule has 2 aliphatic heterocycles. The molecule has 0 aliphatic carbocycles. The van der Waals surface area contributed by atoms with Crippen LogP contribution in [0.15, 0.2) is 35.5 Å². The van der Waals surface area contributed by atoms with E-state index in [9.17, 15) is 14.4 Å². The molecule has 1 aromatic carbocycles. The highest BCUT2D eigenvalue weighted by Crippen LogP contribution is 2.39. The first-order chi connectivity index (χ1) is 14.3. The summed E-state index contributed by atoms with van der Waals surface area (Å²) in [4.78, 5) is 41.9. The van der Waals surface area contributed by atoms with Gasteiger partial charge in [-0.1, -0.05) is 36.7 Å². The maximum Gasteiger partial charge on any atom is 0.336 e. The number of benzene rings is 1. The number of hydrogen-bond donors (Lipinski definition) is 0. The molecule has 0 radical (unpaired) electrons. The van der Waals surface area contributed by atoms with E-state index in [1.165, 1.54) is 4.90 Å². The number of carbonyl (C=O) groups is 3. The third-order valence-corrected chi connectivity index (χ3v) is 6.37. The number of rotatable bonds is 5. The summed E-state index contributed by atoms with van der Waals surface area (Å²) in [5.41, 5.74) is 1.57. The Balaban J connectivity index is 1.91. The highest BCUT2D eigenvalue weighted by atomic mass is 35.5. The standard InChI is InChI=1S/C23H29ClN2O4/c1-4-30-23(29)22-16(3)26(14-21(28)25-11-9-15(2)10-12-25)20(27)13-18(22)17-7-5-6-8-19(17)24/h5-8,15,18H,4,9-14H2,1-3H3. The van der Waals surface area contributed by atoms with Crippen LogP contribution < -0.4 is 0 Å². The van der Waals surface area contributed by atoms with Gasteiger partial charge in [-0.2, -0.15) is 0 Å². The predicted octanol–water partition coefficient (Wildman–Crippen LogP) is 3.75. The van der Waals surface area contributed by atoms with Crippen molar-refractivity contribution in [3.8, 4) is 0 Å². The second kappa shape index (κ2) is 9.65. The molecule has 162 valence electrons. The van der Waals surface area contributed by atoms with E-state index in [0.717, 1.165) is 12.8 Å². The highest BCUT2D eigenvalue weighted by molar-refractivity contribution is 6.31. The van der Waals surface area contributed by atoms with Crippen LogP contribution in [0.4, 0.5) is 0 Å². The lowest BCUT2D eigenvalue weighted by Gasteiger charge is -2.36. The van der Waals surface area contributed by atoms with E-state index in [1.807, 2.05) is 23.1 Å². The van der Waals surface area contributed by atoms with E-state index in [1.54, 1.807) is 19.9 Å². The van der Waals surface area contributed by atoms with E-state index in [-0.39, 0.29) is 31.4 Å². The molecule has 2 aliphatic rings. The van der Waals surface area contributed by atoms with Crippen molar-refractivity contribution in [2.45, 2.75) is 46.0 Å². The van der Waals surface area contributed by atoms with Gasteiger partial charge in [-0.3, -0.25) is 9.59 Å². The molecule has 30 heavy (non-hydrogen) atoms. The minimum absolute atomic E-state index is 0.0583. The largest absolute Gasteiger partial charge is 0.463 e. The van der Waals surface area contributed by atoms with Gasteiger partial charge in [-0.05, 0) is 44.2 Å². The van der Waals surface area contributed by atoms with Crippen molar-refractivity contribution in [2.24, 2.45) is 5.92 Å². The Morgan fingerprint density at radius 2 is 1.87 bits per heavy atom. The first kappa shape index (κ1) is 22.3. The summed E-state index contributed by atoms with van der Waals surface area (Å²) in [6.07, 6.45) is 2.01. The Kier molecular flexibility index (Phi) is 7.19. The lowest BCUT2D eigenvalue weighted by molar-refractivity contribution is -0.143. The zero-order valence-corrected chi connectivity index (χ0v) is 18.6. The molecular weight excluding hydrogens is 404 g/mol. The van der Waals surface area contributed by atoms with Crippen molar-refractivity contribution in [1.29, 1.82) is 0 Å². The lowest BCUT2D eigenvalue weighted by Crippen LogP contribution is -2.47. The lowest BCUT2D eigenvalue weighted by atomic mass is 9.83. The van der Waals surface area contributed by atoms with Gasteiger partial charge >= 0.3 is 5.97 Å². The van der Waals surface area contributed by atoms with Crippen LogP contribution in [0.5, 0.6) is 0 Å². The normalized spacial score (nSPS) is 20.5. The molecule has 7 heteroatoms. The van der Waals surface area contributed by atoms with Crippen molar-refractivity contribution in [1.82, 2.24) is 9.80 Å². The van der Waals surface area contributed by atoms with Crippen molar-refractivity contribution in [2.75, 3.05) is 26.2 Å². The number of ether oxygens (including phenoxy) is 1. The number of hydrogen-bond acceptors (Lipinski definition) is 4. The Hall–Kier alpha value is -2.34. The molecule has 1 unspecified atom stereocenters. The van der Waals surface area contributed by atoms with Crippen LogP contribution in [-0.2, 0) is 19.1 Å². The van der Waals surface area contributed by atoms with Gasteiger partial charge in [-0.15, -0.1) is 0 Å². The topological polar surface area (TPSA) is 66.9 Å². The van der Waals surface area contributed by atoms with Crippen LogP contribution in [0.2, 0.25) is 5.02 Å². The Morgan fingerprint density at radius 1 is 1.20 bits per heavy atom. The number of likely N-dealkylation sites (tertiary alicyclic amines) is 1. The minimum atomic E-state index is -0.493. The third-order valence-electron chi connectivity index (χ3n) is 6.03. The quantitative estimate of drug-likeness (QED) is 0.664. The molecule has 0 aromatic heterocycles. The molecule has 0 N–H and O–H groups in total. The molecule has 3 rings (SSSR count). The smallest absolute Gasteiger partial charge is 0.336 e. The van der Waals surface area contributed by atoms with Gasteiger partial charge in [0.2, 0.25) is 11.8 Å². The number of piperidine rings is 1. The molecule has 6 nitrogen and oxygen atoms in total. The maximum atomic E-state index is 13.0. The SMILES string of the molecule is CCOC(=O)C1=C(C)N(CC(=O)N2CCC(C)CC2)C(=O)CC1c1ccccc1Cl. The van der Waals surface area contributed by atoms with Crippen LogP contribution in [0.1, 0.15) is 51.5 Å². The van der Waals surface area contributed by atoms with Gasteiger partial charge in [0, 0.05) is 36.1 Å². The second-order valence-electron chi connectivity index (χ2n) is 8.04. The van der Waals surface area contributed by atoms with E-state index < -0.39 is 11.9 Å². The summed E-state index contributed by atoms with van der Waals surface area (Å²) in [5, 5.41) is 0.497. The van der Waals surface area contributed by atoms with E-state index >= 15 is 0 Å². The second-order valence-corrected chi connectivity index (χ2v) is 8.45. The Bertz CT molecular complexity index is 859. The molecule has 2 amide bonds. The molecular formula is C23H29ClN2O4. The molecule has 1 fully saturated rings. The third kappa shape index (κ3) is 4.69. The molecule has 1 atom stereocenters. The van der Waals surface area contributed by atoms with Gasteiger partial charge in [0.1, 0.15) is 6.54 Å². The molecule has 0 bridgehead atoms. The number of allylic oxidation sites excluding steroid dienone is 1. The average Bonchev–Trinajstić information content (AvgIpc) is 2.71. The first-order valence-electron chi connectivity index (χ1n) is 10.5. The summed E-state index contributed by atoms with van der Waals surface area (Å²) < 4.78 is 5.29. The maximum absolute atomic E-state index is 13.0. The van der Waals surface area contributed by atoms with E-state index in [4.69, 9.17) is 16.3 Å².